The van der Waals surface area contributed by atoms with Crippen LogP contribution < -0.4 is 5.90 Å². The Hall–Kier alpha value is -0.910. The standard InChI is InChI=1S/C10H12BrNO3/c1-14-10(13)6-9(15-12)7-4-2-3-5-8(7)11/h2-5,9H,6,12H2,1H3. The molecule has 0 spiro atoms. The van der Waals surface area contributed by atoms with E-state index in [1.54, 1.807) is 0 Å². The average Bonchev–Trinajstić information content (AvgIpc) is 2.26. The van der Waals surface area contributed by atoms with Gasteiger partial charge in [0.15, 0.2) is 0 Å². The second kappa shape index (κ2) is 5.85. The van der Waals surface area contributed by atoms with E-state index in [9.17, 15) is 4.79 Å². The first-order valence-electron chi connectivity index (χ1n) is 4.35. The summed E-state index contributed by atoms with van der Waals surface area (Å²) in [6.45, 7) is 0. The van der Waals surface area contributed by atoms with Crippen molar-refractivity contribution in [3.63, 3.8) is 0 Å². The van der Waals surface area contributed by atoms with E-state index in [1.165, 1.54) is 7.11 Å². The van der Waals surface area contributed by atoms with Gasteiger partial charge < -0.3 is 4.74 Å². The number of carbonyl (C=O) groups excluding carboxylic acids is 1. The van der Waals surface area contributed by atoms with E-state index in [1.807, 2.05) is 24.3 Å². The minimum Gasteiger partial charge on any atom is -0.469 e. The second-order valence-corrected chi connectivity index (χ2v) is 3.78. The van der Waals surface area contributed by atoms with Crippen molar-refractivity contribution in [1.82, 2.24) is 0 Å². The highest BCUT2D eigenvalue weighted by Crippen LogP contribution is 2.27. The van der Waals surface area contributed by atoms with Crippen molar-refractivity contribution in [3.8, 4) is 0 Å². The van der Waals surface area contributed by atoms with E-state index in [0.717, 1.165) is 10.0 Å². The number of rotatable bonds is 4. The largest absolute Gasteiger partial charge is 0.469 e. The predicted molar refractivity (Wildman–Crippen MR) is 58.8 cm³/mol. The van der Waals surface area contributed by atoms with Gasteiger partial charge in [0.2, 0.25) is 0 Å². The SMILES string of the molecule is COC(=O)CC(ON)c1ccccc1Br. The summed E-state index contributed by atoms with van der Waals surface area (Å²) in [5.74, 6) is 4.79. The van der Waals surface area contributed by atoms with Crippen LogP contribution in [0.4, 0.5) is 0 Å². The topological polar surface area (TPSA) is 61.5 Å². The number of hydrogen-bond donors (Lipinski definition) is 1. The minimum absolute atomic E-state index is 0.0929. The molecular formula is C10H12BrNO3. The number of ether oxygens (including phenoxy) is 1. The normalized spacial score (nSPS) is 12.2. The lowest BCUT2D eigenvalue weighted by atomic mass is 10.1. The van der Waals surface area contributed by atoms with Crippen molar-refractivity contribution < 1.29 is 14.4 Å². The smallest absolute Gasteiger partial charge is 0.308 e. The molecule has 1 aromatic rings. The predicted octanol–water partition coefficient (Wildman–Crippen LogP) is 1.94. The van der Waals surface area contributed by atoms with Crippen LogP contribution in [-0.4, -0.2) is 13.1 Å². The Bertz CT molecular complexity index is 343. The van der Waals surface area contributed by atoms with Gasteiger partial charge >= 0.3 is 5.97 Å². The zero-order valence-corrected chi connectivity index (χ0v) is 9.86. The first kappa shape index (κ1) is 12.2. The highest BCUT2D eigenvalue weighted by Gasteiger charge is 2.18. The fourth-order valence-electron chi connectivity index (χ4n) is 1.20. The van der Waals surface area contributed by atoms with Gasteiger partial charge in [-0.05, 0) is 11.6 Å². The third-order valence-electron chi connectivity index (χ3n) is 2.00. The molecule has 0 saturated carbocycles. The molecule has 82 valence electrons. The molecule has 4 nitrogen and oxygen atoms in total. The molecule has 1 unspecified atom stereocenters. The molecule has 1 atom stereocenters. The Morgan fingerprint density at radius 2 is 2.20 bits per heavy atom. The van der Waals surface area contributed by atoms with Crippen molar-refractivity contribution in [3.05, 3.63) is 34.3 Å². The van der Waals surface area contributed by atoms with Gasteiger partial charge in [0, 0.05) is 4.47 Å². The molecule has 0 aliphatic carbocycles. The second-order valence-electron chi connectivity index (χ2n) is 2.93. The van der Waals surface area contributed by atoms with Gasteiger partial charge in [-0.3, -0.25) is 9.63 Å². The van der Waals surface area contributed by atoms with Gasteiger partial charge in [-0.15, -0.1) is 0 Å². The first-order valence-corrected chi connectivity index (χ1v) is 5.15. The lowest BCUT2D eigenvalue weighted by Gasteiger charge is -2.14. The van der Waals surface area contributed by atoms with Gasteiger partial charge in [-0.1, -0.05) is 34.1 Å². The van der Waals surface area contributed by atoms with Crippen molar-refractivity contribution in [2.45, 2.75) is 12.5 Å². The molecule has 0 aliphatic heterocycles. The van der Waals surface area contributed by atoms with Gasteiger partial charge in [-0.2, -0.15) is 0 Å². The summed E-state index contributed by atoms with van der Waals surface area (Å²) in [7, 11) is 1.33. The van der Waals surface area contributed by atoms with Gasteiger partial charge in [0.25, 0.3) is 0 Å². The van der Waals surface area contributed by atoms with Crippen molar-refractivity contribution in [1.29, 1.82) is 0 Å². The lowest BCUT2D eigenvalue weighted by Crippen LogP contribution is -2.15. The molecule has 0 aliphatic rings. The molecule has 2 N–H and O–H groups in total. The summed E-state index contributed by atoms with van der Waals surface area (Å²) in [6.07, 6.45) is -0.400. The summed E-state index contributed by atoms with van der Waals surface area (Å²) >= 11 is 3.36. The number of methoxy groups -OCH3 is 1. The van der Waals surface area contributed by atoms with Crippen molar-refractivity contribution in [2.75, 3.05) is 7.11 Å². The zero-order valence-electron chi connectivity index (χ0n) is 8.27. The molecule has 5 heteroatoms. The number of hydrogen-bond acceptors (Lipinski definition) is 4. The monoisotopic (exact) mass is 273 g/mol. The molecule has 0 heterocycles. The summed E-state index contributed by atoms with van der Waals surface area (Å²) in [5.41, 5.74) is 0.824. The maximum absolute atomic E-state index is 11.1. The van der Waals surface area contributed by atoms with E-state index in [4.69, 9.17) is 10.7 Å². The molecule has 15 heavy (non-hydrogen) atoms. The van der Waals surface area contributed by atoms with Gasteiger partial charge in [-0.25, -0.2) is 5.90 Å². The molecule has 1 rings (SSSR count). The van der Waals surface area contributed by atoms with E-state index in [0.29, 0.717) is 0 Å². The van der Waals surface area contributed by atoms with Crippen LogP contribution in [0.2, 0.25) is 0 Å². The molecule has 0 aromatic heterocycles. The Labute approximate surface area is 96.4 Å². The van der Waals surface area contributed by atoms with Crippen molar-refractivity contribution >= 4 is 21.9 Å². The third-order valence-corrected chi connectivity index (χ3v) is 2.72. The fraction of sp³-hybridized carbons (Fsp3) is 0.300. The number of esters is 1. The Balaban J connectivity index is 2.83. The summed E-state index contributed by atoms with van der Waals surface area (Å²) in [4.78, 5) is 15.9. The van der Waals surface area contributed by atoms with Crippen LogP contribution in [0.3, 0.4) is 0 Å². The number of halogens is 1. The lowest BCUT2D eigenvalue weighted by molar-refractivity contribution is -0.144. The number of benzene rings is 1. The highest BCUT2D eigenvalue weighted by molar-refractivity contribution is 9.10. The fourth-order valence-corrected chi connectivity index (χ4v) is 1.74. The molecule has 0 bridgehead atoms. The van der Waals surface area contributed by atoms with Crippen LogP contribution in [0.5, 0.6) is 0 Å². The molecular weight excluding hydrogens is 262 g/mol. The van der Waals surface area contributed by atoms with Crippen LogP contribution in [-0.2, 0) is 14.4 Å². The summed E-state index contributed by atoms with van der Waals surface area (Å²) in [5, 5.41) is 0. The maximum Gasteiger partial charge on any atom is 0.308 e. The van der Waals surface area contributed by atoms with Crippen molar-refractivity contribution in [2.24, 2.45) is 5.90 Å². The van der Waals surface area contributed by atoms with Crippen LogP contribution >= 0.6 is 15.9 Å². The van der Waals surface area contributed by atoms with Crippen LogP contribution in [0.15, 0.2) is 28.7 Å². The van der Waals surface area contributed by atoms with E-state index in [2.05, 4.69) is 20.7 Å². The van der Waals surface area contributed by atoms with E-state index in [-0.39, 0.29) is 12.4 Å². The molecule has 0 amide bonds. The van der Waals surface area contributed by atoms with Crippen LogP contribution in [0.25, 0.3) is 0 Å². The summed E-state index contributed by atoms with van der Waals surface area (Å²) in [6, 6.07) is 7.42. The quantitative estimate of drug-likeness (QED) is 0.673. The Morgan fingerprint density at radius 1 is 1.53 bits per heavy atom. The maximum atomic E-state index is 11.1. The molecule has 1 aromatic carbocycles. The molecule has 0 fully saturated rings. The van der Waals surface area contributed by atoms with Crippen LogP contribution in [0, 0.1) is 0 Å². The third kappa shape index (κ3) is 3.30. The van der Waals surface area contributed by atoms with E-state index >= 15 is 0 Å². The van der Waals surface area contributed by atoms with Gasteiger partial charge in [0.05, 0.1) is 13.5 Å². The summed E-state index contributed by atoms with van der Waals surface area (Å²) < 4.78 is 5.41. The zero-order chi connectivity index (χ0) is 11.3. The Kier molecular flexibility index (Phi) is 4.74. The van der Waals surface area contributed by atoms with Crippen LogP contribution in [0.1, 0.15) is 18.1 Å². The average molecular weight is 274 g/mol. The molecule has 0 radical (unpaired) electrons. The number of nitrogens with two attached hydrogens (primary N) is 1. The minimum atomic E-state index is -0.493. The molecule has 0 saturated heterocycles. The highest BCUT2D eigenvalue weighted by atomic mass is 79.9. The Morgan fingerprint density at radius 3 is 2.73 bits per heavy atom. The first-order chi connectivity index (χ1) is 7.19. The van der Waals surface area contributed by atoms with E-state index < -0.39 is 6.10 Å². The van der Waals surface area contributed by atoms with Gasteiger partial charge in [0.1, 0.15) is 6.10 Å². The number of carbonyl (C=O) groups is 1.